The molecule has 6 heteroatoms. The number of hydrogen-bond donors (Lipinski definition) is 0. The molecule has 0 N–H and O–H groups in total. The maximum Gasteiger partial charge on any atom is 0.344 e. The largest absolute Gasteiger partial charge is 0.494 e. The molecule has 0 aliphatic carbocycles. The second-order valence-corrected chi connectivity index (χ2v) is 7.44. The second-order valence-electron chi connectivity index (χ2n) is 7.44. The van der Waals surface area contributed by atoms with Crippen LogP contribution >= 0.6 is 0 Å². The number of rotatable bonds is 8. The van der Waals surface area contributed by atoms with E-state index >= 15 is 0 Å². The third-order valence-corrected chi connectivity index (χ3v) is 5.11. The van der Waals surface area contributed by atoms with Crippen molar-refractivity contribution < 1.29 is 28.5 Å². The summed E-state index contributed by atoms with van der Waals surface area (Å²) in [6.45, 7) is 4.24. The molecule has 1 aliphatic rings. The van der Waals surface area contributed by atoms with Crippen molar-refractivity contribution in [3.8, 4) is 17.2 Å². The van der Waals surface area contributed by atoms with Crippen LogP contribution in [0, 0.1) is 6.92 Å². The Morgan fingerprint density at radius 2 is 1.73 bits per heavy atom. The summed E-state index contributed by atoms with van der Waals surface area (Å²) >= 11 is 0. The number of fused-ring (bicyclic) bond motifs is 1. The minimum Gasteiger partial charge on any atom is -0.494 e. The normalized spacial score (nSPS) is 13.4. The highest BCUT2D eigenvalue weighted by Crippen LogP contribution is 2.39. The van der Waals surface area contributed by atoms with Crippen LogP contribution in [-0.4, -0.2) is 25.0 Å². The van der Waals surface area contributed by atoms with E-state index in [0.29, 0.717) is 29.2 Å². The van der Waals surface area contributed by atoms with Gasteiger partial charge in [0.05, 0.1) is 12.2 Å². The molecule has 0 amide bonds. The quantitative estimate of drug-likeness (QED) is 0.354. The van der Waals surface area contributed by atoms with Crippen LogP contribution < -0.4 is 14.2 Å². The molecule has 0 saturated heterocycles. The summed E-state index contributed by atoms with van der Waals surface area (Å²) in [6.07, 6.45) is 1.69. The van der Waals surface area contributed by atoms with Crippen molar-refractivity contribution in [2.24, 2.45) is 0 Å². The summed E-state index contributed by atoms with van der Waals surface area (Å²) in [4.78, 5) is 24.8. The van der Waals surface area contributed by atoms with E-state index in [9.17, 15) is 9.59 Å². The first kappa shape index (κ1) is 22.1. The first-order valence-electron chi connectivity index (χ1n) is 10.7. The van der Waals surface area contributed by atoms with Gasteiger partial charge >= 0.3 is 5.97 Å². The van der Waals surface area contributed by atoms with Gasteiger partial charge in [-0.1, -0.05) is 42.5 Å². The molecule has 0 fully saturated rings. The Morgan fingerprint density at radius 3 is 2.45 bits per heavy atom. The van der Waals surface area contributed by atoms with Gasteiger partial charge in [0.15, 0.2) is 12.4 Å². The molecule has 0 unspecified atom stereocenters. The Balaban J connectivity index is 1.40. The van der Waals surface area contributed by atoms with Crippen LogP contribution in [-0.2, 0) is 16.1 Å². The maximum atomic E-state index is 12.8. The highest BCUT2D eigenvalue weighted by atomic mass is 16.6. The van der Waals surface area contributed by atoms with E-state index in [1.165, 1.54) is 0 Å². The standard InChI is InChI=1S/C27H24O6/c1-3-30-21-11-9-19(10-12-21)15-24-26(29)22-13-14-23(18(2)27(22)33-24)31-17-25(28)32-16-20-7-5-4-6-8-20/h4-15H,3,16-17H2,1-2H3/b24-15-. The molecule has 6 nitrogen and oxygen atoms in total. The lowest BCUT2D eigenvalue weighted by Crippen LogP contribution is -2.15. The Kier molecular flexibility index (Phi) is 6.74. The van der Waals surface area contributed by atoms with Crippen LogP contribution in [0.3, 0.4) is 0 Å². The van der Waals surface area contributed by atoms with Crippen LogP contribution in [0.2, 0.25) is 0 Å². The number of ether oxygens (including phenoxy) is 4. The number of benzene rings is 3. The minimum atomic E-state index is -0.480. The predicted molar refractivity (Wildman–Crippen MR) is 123 cm³/mol. The van der Waals surface area contributed by atoms with Crippen molar-refractivity contribution in [3.05, 3.63) is 94.7 Å². The topological polar surface area (TPSA) is 71.1 Å². The lowest BCUT2D eigenvalue weighted by Gasteiger charge is -2.11. The molecule has 0 saturated carbocycles. The van der Waals surface area contributed by atoms with E-state index in [2.05, 4.69) is 0 Å². The van der Waals surface area contributed by atoms with E-state index in [-0.39, 0.29) is 24.8 Å². The molecule has 168 valence electrons. The summed E-state index contributed by atoms with van der Waals surface area (Å²) in [5.74, 6) is 1.22. The smallest absolute Gasteiger partial charge is 0.344 e. The summed E-state index contributed by atoms with van der Waals surface area (Å²) in [5, 5.41) is 0. The SMILES string of the molecule is CCOc1ccc(/C=C2\Oc3c(ccc(OCC(=O)OCc4ccccc4)c3C)C2=O)cc1. The number of ketones is 1. The first-order chi connectivity index (χ1) is 16.0. The van der Waals surface area contributed by atoms with Gasteiger partial charge < -0.3 is 18.9 Å². The van der Waals surface area contributed by atoms with E-state index in [1.54, 1.807) is 25.1 Å². The average molecular weight is 444 g/mol. The molecule has 4 rings (SSSR count). The lowest BCUT2D eigenvalue weighted by molar-refractivity contribution is -0.147. The number of Topliss-reactive ketones (excluding diaryl/α,β-unsaturated/α-hetero) is 1. The van der Waals surface area contributed by atoms with Crippen molar-refractivity contribution in [2.75, 3.05) is 13.2 Å². The lowest BCUT2D eigenvalue weighted by atomic mass is 10.1. The van der Waals surface area contributed by atoms with E-state index in [1.807, 2.05) is 61.5 Å². The molecule has 3 aromatic rings. The van der Waals surface area contributed by atoms with Gasteiger partial charge in [0.1, 0.15) is 23.9 Å². The molecule has 1 heterocycles. The summed E-state index contributed by atoms with van der Waals surface area (Å²) in [5.41, 5.74) is 2.83. The molecule has 1 aliphatic heterocycles. The zero-order valence-electron chi connectivity index (χ0n) is 18.5. The van der Waals surface area contributed by atoms with Crippen molar-refractivity contribution >= 4 is 17.8 Å². The Labute approximate surface area is 192 Å². The zero-order chi connectivity index (χ0) is 23.2. The van der Waals surface area contributed by atoms with E-state index in [4.69, 9.17) is 18.9 Å². The average Bonchev–Trinajstić information content (AvgIpc) is 3.15. The Morgan fingerprint density at radius 1 is 0.970 bits per heavy atom. The molecule has 0 aromatic heterocycles. The number of carbonyl (C=O) groups excluding carboxylic acids is 2. The van der Waals surface area contributed by atoms with Crippen LogP contribution in [0.1, 0.15) is 34.0 Å². The molecule has 33 heavy (non-hydrogen) atoms. The van der Waals surface area contributed by atoms with Crippen molar-refractivity contribution in [2.45, 2.75) is 20.5 Å². The van der Waals surface area contributed by atoms with Crippen molar-refractivity contribution in [1.29, 1.82) is 0 Å². The van der Waals surface area contributed by atoms with Gasteiger partial charge in [-0.25, -0.2) is 4.79 Å². The molecular weight excluding hydrogens is 420 g/mol. The molecule has 0 atom stereocenters. The fourth-order valence-electron chi connectivity index (χ4n) is 3.42. The number of carbonyl (C=O) groups is 2. The van der Waals surface area contributed by atoms with Crippen LogP contribution in [0.15, 0.2) is 72.5 Å². The molecular formula is C27H24O6. The molecule has 3 aromatic carbocycles. The Hall–Kier alpha value is -4.06. The molecule has 0 spiro atoms. The highest BCUT2D eigenvalue weighted by molar-refractivity contribution is 6.15. The van der Waals surface area contributed by atoms with Crippen LogP contribution in [0.5, 0.6) is 17.2 Å². The van der Waals surface area contributed by atoms with Gasteiger partial charge in [-0.3, -0.25) is 4.79 Å². The fraction of sp³-hybridized carbons (Fsp3) is 0.185. The third-order valence-electron chi connectivity index (χ3n) is 5.11. The number of allylic oxidation sites excluding steroid dienone is 1. The van der Waals surface area contributed by atoms with Gasteiger partial charge in [0.25, 0.3) is 0 Å². The Bertz CT molecular complexity index is 1180. The van der Waals surface area contributed by atoms with Crippen LogP contribution in [0.25, 0.3) is 6.08 Å². The van der Waals surface area contributed by atoms with E-state index in [0.717, 1.165) is 16.9 Å². The van der Waals surface area contributed by atoms with Crippen LogP contribution in [0.4, 0.5) is 0 Å². The second kappa shape index (κ2) is 10.0. The fourth-order valence-corrected chi connectivity index (χ4v) is 3.42. The summed E-state index contributed by atoms with van der Waals surface area (Å²) in [7, 11) is 0. The highest BCUT2D eigenvalue weighted by Gasteiger charge is 2.30. The van der Waals surface area contributed by atoms with Gasteiger partial charge in [0, 0.05) is 5.56 Å². The zero-order valence-corrected chi connectivity index (χ0v) is 18.5. The van der Waals surface area contributed by atoms with Gasteiger partial charge in [0.2, 0.25) is 5.78 Å². The van der Waals surface area contributed by atoms with Crippen molar-refractivity contribution in [1.82, 2.24) is 0 Å². The molecule has 0 bridgehead atoms. The van der Waals surface area contributed by atoms with Gasteiger partial charge in [-0.15, -0.1) is 0 Å². The number of hydrogen-bond acceptors (Lipinski definition) is 6. The summed E-state index contributed by atoms with van der Waals surface area (Å²) < 4.78 is 22.2. The van der Waals surface area contributed by atoms with Crippen molar-refractivity contribution in [3.63, 3.8) is 0 Å². The summed E-state index contributed by atoms with van der Waals surface area (Å²) in [6, 6.07) is 20.1. The van der Waals surface area contributed by atoms with Gasteiger partial charge in [-0.2, -0.15) is 0 Å². The monoisotopic (exact) mass is 444 g/mol. The predicted octanol–water partition coefficient (Wildman–Crippen LogP) is 5.13. The minimum absolute atomic E-state index is 0.184. The van der Waals surface area contributed by atoms with Gasteiger partial charge in [-0.05, 0) is 55.3 Å². The van der Waals surface area contributed by atoms with E-state index < -0.39 is 5.97 Å². The third kappa shape index (κ3) is 5.23. The first-order valence-corrected chi connectivity index (χ1v) is 10.7. The maximum absolute atomic E-state index is 12.8. The molecule has 0 radical (unpaired) electrons. The number of esters is 1.